The summed E-state index contributed by atoms with van der Waals surface area (Å²) in [6.45, 7) is 7.91. The van der Waals surface area contributed by atoms with Crippen molar-refractivity contribution in [2.24, 2.45) is 0 Å². The molecule has 0 radical (unpaired) electrons. The van der Waals surface area contributed by atoms with Crippen molar-refractivity contribution in [2.75, 3.05) is 31.9 Å². The van der Waals surface area contributed by atoms with E-state index in [1.807, 2.05) is 16.7 Å². The van der Waals surface area contributed by atoms with Crippen molar-refractivity contribution in [3.63, 3.8) is 0 Å². The van der Waals surface area contributed by atoms with Gasteiger partial charge in [-0.05, 0) is 13.0 Å². The third kappa shape index (κ3) is 4.43. The Kier molecular flexibility index (Phi) is 6.10. The predicted molar refractivity (Wildman–Crippen MR) is 66.3 cm³/mol. The van der Waals surface area contributed by atoms with Crippen molar-refractivity contribution in [3.8, 4) is 0 Å². The first kappa shape index (κ1) is 12.8. The number of amides is 1. The molecular formula is C11H22N2OS. The van der Waals surface area contributed by atoms with Gasteiger partial charge in [-0.25, -0.2) is 0 Å². The molecule has 1 fully saturated rings. The molecule has 0 aromatic heterocycles. The van der Waals surface area contributed by atoms with E-state index in [1.54, 1.807) is 0 Å². The van der Waals surface area contributed by atoms with E-state index in [0.717, 1.165) is 31.9 Å². The lowest BCUT2D eigenvalue weighted by molar-refractivity contribution is -0.131. The zero-order valence-electron chi connectivity index (χ0n) is 9.79. The zero-order chi connectivity index (χ0) is 11.1. The van der Waals surface area contributed by atoms with Crippen molar-refractivity contribution in [1.29, 1.82) is 0 Å². The van der Waals surface area contributed by atoms with E-state index < -0.39 is 0 Å². The van der Waals surface area contributed by atoms with Crippen LogP contribution in [0.1, 0.15) is 26.7 Å². The maximum Gasteiger partial charge on any atom is 0.223 e. The van der Waals surface area contributed by atoms with Crippen LogP contribution < -0.4 is 5.32 Å². The lowest BCUT2D eigenvalue weighted by Gasteiger charge is -2.32. The predicted octanol–water partition coefficient (Wildman–Crippen LogP) is 1.34. The fraction of sp³-hybridized carbons (Fsp3) is 0.909. The van der Waals surface area contributed by atoms with Gasteiger partial charge in [-0.2, -0.15) is 11.8 Å². The Morgan fingerprint density at radius 1 is 1.53 bits per heavy atom. The maximum absolute atomic E-state index is 11.8. The summed E-state index contributed by atoms with van der Waals surface area (Å²) in [5.74, 6) is 1.42. The van der Waals surface area contributed by atoms with Crippen LogP contribution in [0.15, 0.2) is 0 Å². The van der Waals surface area contributed by atoms with Crippen molar-refractivity contribution < 1.29 is 4.79 Å². The normalized spacial score (nSPS) is 21.7. The molecule has 0 aromatic rings. The second-order valence-electron chi connectivity index (χ2n) is 3.84. The van der Waals surface area contributed by atoms with Gasteiger partial charge in [0.2, 0.25) is 5.91 Å². The van der Waals surface area contributed by atoms with E-state index in [2.05, 4.69) is 19.2 Å². The lowest BCUT2D eigenvalue weighted by Crippen LogP contribution is -2.42. The van der Waals surface area contributed by atoms with E-state index in [-0.39, 0.29) is 0 Å². The van der Waals surface area contributed by atoms with Gasteiger partial charge in [0.05, 0.1) is 0 Å². The molecule has 88 valence electrons. The molecule has 3 nitrogen and oxygen atoms in total. The smallest absolute Gasteiger partial charge is 0.223 e. The Morgan fingerprint density at radius 2 is 2.33 bits per heavy atom. The molecular weight excluding hydrogens is 208 g/mol. The van der Waals surface area contributed by atoms with Gasteiger partial charge >= 0.3 is 0 Å². The number of carbonyl (C=O) groups is 1. The zero-order valence-corrected chi connectivity index (χ0v) is 10.6. The molecule has 15 heavy (non-hydrogen) atoms. The molecule has 1 heterocycles. The fourth-order valence-corrected chi connectivity index (χ4v) is 2.90. The molecule has 1 amide bonds. The van der Waals surface area contributed by atoms with Crippen LogP contribution in [0.25, 0.3) is 0 Å². The second-order valence-corrected chi connectivity index (χ2v) is 5.25. The van der Waals surface area contributed by atoms with Crippen LogP contribution in [0.5, 0.6) is 0 Å². The number of nitrogens with zero attached hydrogens (tertiary/aromatic N) is 1. The van der Waals surface area contributed by atoms with E-state index in [1.165, 1.54) is 6.42 Å². The van der Waals surface area contributed by atoms with Crippen molar-refractivity contribution in [3.05, 3.63) is 0 Å². The van der Waals surface area contributed by atoms with Crippen LogP contribution in [0.3, 0.4) is 0 Å². The van der Waals surface area contributed by atoms with Crippen LogP contribution in [0.2, 0.25) is 0 Å². The molecule has 1 unspecified atom stereocenters. The summed E-state index contributed by atoms with van der Waals surface area (Å²) in [7, 11) is 0. The van der Waals surface area contributed by atoms with E-state index in [0.29, 0.717) is 17.6 Å². The molecule has 1 aliphatic rings. The minimum absolute atomic E-state index is 0.315. The molecule has 1 saturated heterocycles. The molecule has 1 aliphatic heterocycles. The third-order valence-corrected chi connectivity index (χ3v) is 4.08. The van der Waals surface area contributed by atoms with Gasteiger partial charge in [-0.3, -0.25) is 4.79 Å². The molecule has 0 aliphatic carbocycles. The molecule has 0 saturated carbocycles. The van der Waals surface area contributed by atoms with E-state index in [4.69, 9.17) is 0 Å². The second kappa shape index (κ2) is 7.12. The van der Waals surface area contributed by atoms with Crippen LogP contribution in [0, 0.1) is 0 Å². The summed E-state index contributed by atoms with van der Waals surface area (Å²) in [4.78, 5) is 13.8. The number of rotatable bonds is 5. The molecule has 1 N–H and O–H groups in total. The topological polar surface area (TPSA) is 32.3 Å². The van der Waals surface area contributed by atoms with Gasteiger partial charge in [0.15, 0.2) is 0 Å². The van der Waals surface area contributed by atoms with Crippen LogP contribution >= 0.6 is 11.8 Å². The number of carbonyl (C=O) groups excluding carboxylic acids is 1. The summed E-state index contributed by atoms with van der Waals surface area (Å²) < 4.78 is 0. The monoisotopic (exact) mass is 230 g/mol. The summed E-state index contributed by atoms with van der Waals surface area (Å²) in [6, 6.07) is 0. The number of thioether (sulfide) groups is 1. The Bertz CT molecular complexity index is 199. The van der Waals surface area contributed by atoms with E-state index >= 15 is 0 Å². The van der Waals surface area contributed by atoms with Gasteiger partial charge < -0.3 is 10.2 Å². The van der Waals surface area contributed by atoms with Gasteiger partial charge in [0, 0.05) is 37.1 Å². The molecule has 0 spiro atoms. The van der Waals surface area contributed by atoms with Crippen molar-refractivity contribution in [2.45, 2.75) is 31.9 Å². The first-order chi connectivity index (χ1) is 7.27. The Hall–Kier alpha value is -0.220. The Labute approximate surface area is 97.0 Å². The average Bonchev–Trinajstić information content (AvgIpc) is 2.29. The number of hydrogen-bond donors (Lipinski definition) is 1. The number of nitrogens with one attached hydrogen (secondary N) is 1. The largest absolute Gasteiger partial charge is 0.341 e. The molecule has 0 bridgehead atoms. The van der Waals surface area contributed by atoms with Gasteiger partial charge in [0.25, 0.3) is 0 Å². The SMILES string of the molecule is CCNCCC(=O)N1CCSC(CC)C1. The van der Waals surface area contributed by atoms with Crippen molar-refractivity contribution >= 4 is 17.7 Å². The van der Waals surface area contributed by atoms with Crippen LogP contribution in [0.4, 0.5) is 0 Å². The van der Waals surface area contributed by atoms with Gasteiger partial charge in [-0.15, -0.1) is 0 Å². The molecule has 4 heteroatoms. The fourth-order valence-electron chi connectivity index (χ4n) is 1.72. The maximum atomic E-state index is 11.8. The summed E-state index contributed by atoms with van der Waals surface area (Å²) >= 11 is 2.00. The standard InChI is InChI=1S/C11H22N2OS/c1-3-10-9-13(7-8-15-10)11(14)5-6-12-4-2/h10,12H,3-9H2,1-2H3. The number of hydrogen-bond acceptors (Lipinski definition) is 3. The van der Waals surface area contributed by atoms with Crippen molar-refractivity contribution in [1.82, 2.24) is 10.2 Å². The summed E-state index contributed by atoms with van der Waals surface area (Å²) in [5.41, 5.74) is 0. The first-order valence-electron chi connectivity index (χ1n) is 5.88. The molecule has 0 aromatic carbocycles. The van der Waals surface area contributed by atoms with Crippen LogP contribution in [-0.4, -0.2) is 48.0 Å². The van der Waals surface area contributed by atoms with E-state index in [9.17, 15) is 4.79 Å². The minimum atomic E-state index is 0.315. The van der Waals surface area contributed by atoms with Gasteiger partial charge in [0.1, 0.15) is 0 Å². The van der Waals surface area contributed by atoms with Crippen LogP contribution in [-0.2, 0) is 4.79 Å². The quantitative estimate of drug-likeness (QED) is 0.723. The Balaban J connectivity index is 2.25. The lowest BCUT2D eigenvalue weighted by atomic mass is 10.2. The summed E-state index contributed by atoms with van der Waals surface area (Å²) in [5, 5.41) is 3.85. The molecule has 1 atom stereocenters. The summed E-state index contributed by atoms with van der Waals surface area (Å²) in [6.07, 6.45) is 1.82. The minimum Gasteiger partial charge on any atom is -0.341 e. The highest BCUT2D eigenvalue weighted by Crippen LogP contribution is 2.21. The van der Waals surface area contributed by atoms with Gasteiger partial charge in [-0.1, -0.05) is 13.8 Å². The average molecular weight is 230 g/mol. The third-order valence-electron chi connectivity index (χ3n) is 2.71. The first-order valence-corrected chi connectivity index (χ1v) is 6.92. The Morgan fingerprint density at radius 3 is 3.00 bits per heavy atom. The highest BCUT2D eigenvalue weighted by molar-refractivity contribution is 8.00. The highest BCUT2D eigenvalue weighted by Gasteiger charge is 2.22. The highest BCUT2D eigenvalue weighted by atomic mass is 32.2. The molecule has 1 rings (SSSR count).